The van der Waals surface area contributed by atoms with E-state index >= 15 is 0 Å². The molecule has 0 atom stereocenters. The van der Waals surface area contributed by atoms with Crippen LogP contribution in [0.1, 0.15) is 36.0 Å². The van der Waals surface area contributed by atoms with Crippen LogP contribution in [0.25, 0.3) is 0 Å². The third kappa shape index (κ3) is 2.69. The Kier molecular flexibility index (Phi) is 3.73. The van der Waals surface area contributed by atoms with E-state index in [-0.39, 0.29) is 6.10 Å². The van der Waals surface area contributed by atoms with E-state index in [4.69, 9.17) is 4.74 Å². The summed E-state index contributed by atoms with van der Waals surface area (Å²) in [5, 5.41) is 10.5. The molecule has 0 heterocycles. The second-order valence-corrected chi connectivity index (χ2v) is 4.32. The highest BCUT2D eigenvalue weighted by atomic mass is 19.1. The van der Waals surface area contributed by atoms with Crippen LogP contribution in [-0.2, 0) is 4.74 Å². The SMILES string of the molecule is O=C(OC1CCCC1)c1c(F)ccc([N+](=O)[O-])c1F. The van der Waals surface area contributed by atoms with Gasteiger partial charge in [0.15, 0.2) is 0 Å². The van der Waals surface area contributed by atoms with Crippen molar-refractivity contribution in [1.29, 1.82) is 0 Å². The number of esters is 1. The molecule has 0 saturated heterocycles. The van der Waals surface area contributed by atoms with Crippen LogP contribution < -0.4 is 0 Å². The number of carbonyl (C=O) groups is 1. The van der Waals surface area contributed by atoms with Crippen molar-refractivity contribution in [2.75, 3.05) is 0 Å². The number of hydrogen-bond acceptors (Lipinski definition) is 4. The first kappa shape index (κ1) is 13.4. The molecule has 19 heavy (non-hydrogen) atoms. The van der Waals surface area contributed by atoms with Crippen molar-refractivity contribution in [1.82, 2.24) is 0 Å². The zero-order valence-corrected chi connectivity index (χ0v) is 9.90. The third-order valence-corrected chi connectivity index (χ3v) is 3.05. The van der Waals surface area contributed by atoms with Crippen molar-refractivity contribution in [3.63, 3.8) is 0 Å². The van der Waals surface area contributed by atoms with Crippen LogP contribution in [0, 0.1) is 21.7 Å². The summed E-state index contributed by atoms with van der Waals surface area (Å²) in [6.45, 7) is 0. The lowest BCUT2D eigenvalue weighted by atomic mass is 10.1. The molecule has 1 aliphatic carbocycles. The molecule has 7 heteroatoms. The quantitative estimate of drug-likeness (QED) is 0.481. The molecule has 0 radical (unpaired) electrons. The van der Waals surface area contributed by atoms with E-state index in [1.54, 1.807) is 0 Å². The van der Waals surface area contributed by atoms with Gasteiger partial charge in [0.05, 0.1) is 4.92 Å². The van der Waals surface area contributed by atoms with Gasteiger partial charge in [-0.1, -0.05) is 0 Å². The molecule has 0 spiro atoms. The lowest BCUT2D eigenvalue weighted by Crippen LogP contribution is -2.18. The van der Waals surface area contributed by atoms with E-state index in [9.17, 15) is 23.7 Å². The van der Waals surface area contributed by atoms with Gasteiger partial charge in [0.2, 0.25) is 5.82 Å². The van der Waals surface area contributed by atoms with Crippen LogP contribution in [0.5, 0.6) is 0 Å². The topological polar surface area (TPSA) is 69.4 Å². The van der Waals surface area contributed by atoms with Gasteiger partial charge in [-0.3, -0.25) is 10.1 Å². The molecule has 0 N–H and O–H groups in total. The van der Waals surface area contributed by atoms with Crippen LogP contribution in [0.3, 0.4) is 0 Å². The number of nitro groups is 1. The van der Waals surface area contributed by atoms with Crippen molar-refractivity contribution in [3.8, 4) is 0 Å². The van der Waals surface area contributed by atoms with Gasteiger partial charge in [0.25, 0.3) is 0 Å². The number of rotatable bonds is 3. The number of nitrogens with zero attached hydrogens (tertiary/aromatic N) is 1. The molecule has 1 fully saturated rings. The van der Waals surface area contributed by atoms with E-state index < -0.39 is 33.8 Å². The van der Waals surface area contributed by atoms with Crippen molar-refractivity contribution in [2.24, 2.45) is 0 Å². The summed E-state index contributed by atoms with van der Waals surface area (Å²) >= 11 is 0. The van der Waals surface area contributed by atoms with Crippen LogP contribution >= 0.6 is 0 Å². The fraction of sp³-hybridized carbons (Fsp3) is 0.417. The minimum atomic E-state index is -1.49. The van der Waals surface area contributed by atoms with Crippen LogP contribution in [0.4, 0.5) is 14.5 Å². The van der Waals surface area contributed by atoms with Gasteiger partial charge in [-0.2, -0.15) is 4.39 Å². The van der Waals surface area contributed by atoms with E-state index in [1.807, 2.05) is 0 Å². The highest BCUT2D eigenvalue weighted by Crippen LogP contribution is 2.26. The molecule has 1 aliphatic rings. The maximum atomic E-state index is 13.7. The molecular weight excluding hydrogens is 260 g/mol. The predicted molar refractivity (Wildman–Crippen MR) is 60.7 cm³/mol. The molecule has 0 aromatic heterocycles. The van der Waals surface area contributed by atoms with E-state index in [1.165, 1.54) is 0 Å². The summed E-state index contributed by atoms with van der Waals surface area (Å²) in [4.78, 5) is 21.2. The Bertz CT molecular complexity index is 527. The van der Waals surface area contributed by atoms with Gasteiger partial charge in [-0.15, -0.1) is 0 Å². The Morgan fingerprint density at radius 2 is 1.95 bits per heavy atom. The highest BCUT2D eigenvalue weighted by molar-refractivity contribution is 5.91. The number of carbonyl (C=O) groups excluding carboxylic acids is 1. The second-order valence-electron chi connectivity index (χ2n) is 4.32. The number of nitro benzene ring substituents is 1. The Hall–Kier alpha value is -2.05. The van der Waals surface area contributed by atoms with Gasteiger partial charge in [0, 0.05) is 6.07 Å². The van der Waals surface area contributed by atoms with Crippen molar-refractivity contribution < 1.29 is 23.2 Å². The summed E-state index contributed by atoms with van der Waals surface area (Å²) in [7, 11) is 0. The van der Waals surface area contributed by atoms with Crippen molar-refractivity contribution in [2.45, 2.75) is 31.8 Å². The third-order valence-electron chi connectivity index (χ3n) is 3.05. The second kappa shape index (κ2) is 5.29. The van der Waals surface area contributed by atoms with Crippen molar-refractivity contribution in [3.05, 3.63) is 39.4 Å². The zero-order valence-electron chi connectivity index (χ0n) is 9.90. The molecule has 2 rings (SSSR count). The van der Waals surface area contributed by atoms with Gasteiger partial charge < -0.3 is 4.74 Å². The molecule has 1 aromatic rings. The number of benzene rings is 1. The molecule has 1 aromatic carbocycles. The maximum Gasteiger partial charge on any atom is 0.344 e. The van der Waals surface area contributed by atoms with Crippen LogP contribution in [-0.4, -0.2) is 17.0 Å². The summed E-state index contributed by atoms with van der Waals surface area (Å²) in [5.74, 6) is -3.84. The normalized spacial score (nSPS) is 15.5. The Labute approximate surface area is 107 Å². The number of halogens is 2. The molecule has 0 bridgehead atoms. The van der Waals surface area contributed by atoms with Gasteiger partial charge in [0.1, 0.15) is 17.5 Å². The van der Waals surface area contributed by atoms with Crippen LogP contribution in [0.2, 0.25) is 0 Å². The minimum absolute atomic E-state index is 0.370. The van der Waals surface area contributed by atoms with Crippen molar-refractivity contribution >= 4 is 11.7 Å². The molecule has 0 unspecified atom stereocenters. The molecule has 0 amide bonds. The fourth-order valence-corrected chi connectivity index (χ4v) is 2.09. The summed E-state index contributed by atoms with van der Waals surface area (Å²) in [6, 6.07) is 1.36. The Balaban J connectivity index is 2.29. The first-order valence-corrected chi connectivity index (χ1v) is 5.84. The lowest BCUT2D eigenvalue weighted by molar-refractivity contribution is -0.387. The predicted octanol–water partition coefficient (Wildman–Crippen LogP) is 2.97. The van der Waals surface area contributed by atoms with E-state index in [2.05, 4.69) is 0 Å². The van der Waals surface area contributed by atoms with Gasteiger partial charge in [-0.05, 0) is 31.7 Å². The molecule has 102 valence electrons. The summed E-state index contributed by atoms with van der Waals surface area (Å²) < 4.78 is 32.1. The molecule has 0 aliphatic heterocycles. The van der Waals surface area contributed by atoms with Crippen LogP contribution in [0.15, 0.2) is 12.1 Å². The summed E-state index contributed by atoms with van der Waals surface area (Å²) in [5.41, 5.74) is -1.94. The largest absolute Gasteiger partial charge is 0.459 e. The Morgan fingerprint density at radius 1 is 1.32 bits per heavy atom. The van der Waals surface area contributed by atoms with E-state index in [0.29, 0.717) is 25.0 Å². The monoisotopic (exact) mass is 271 g/mol. The average Bonchev–Trinajstić information content (AvgIpc) is 2.81. The molecular formula is C12H11F2NO4. The maximum absolute atomic E-state index is 13.7. The minimum Gasteiger partial charge on any atom is -0.459 e. The first-order chi connectivity index (χ1) is 9.00. The smallest absolute Gasteiger partial charge is 0.344 e. The van der Waals surface area contributed by atoms with E-state index in [0.717, 1.165) is 12.8 Å². The summed E-state index contributed by atoms with van der Waals surface area (Å²) in [6.07, 6.45) is 2.69. The van der Waals surface area contributed by atoms with Gasteiger partial charge in [-0.25, -0.2) is 9.18 Å². The number of ether oxygens (including phenoxy) is 1. The Morgan fingerprint density at radius 3 is 2.53 bits per heavy atom. The van der Waals surface area contributed by atoms with Gasteiger partial charge >= 0.3 is 11.7 Å². The fourth-order valence-electron chi connectivity index (χ4n) is 2.09. The first-order valence-electron chi connectivity index (χ1n) is 5.84. The molecule has 1 saturated carbocycles. The molecule has 5 nitrogen and oxygen atoms in total. The standard InChI is InChI=1S/C12H11F2NO4/c13-8-5-6-9(15(17)18)11(14)10(8)12(16)19-7-3-1-2-4-7/h5-7H,1-4H2. The number of hydrogen-bond donors (Lipinski definition) is 0. The highest BCUT2D eigenvalue weighted by Gasteiger charge is 2.29. The zero-order chi connectivity index (χ0) is 14.0. The average molecular weight is 271 g/mol. The lowest BCUT2D eigenvalue weighted by Gasteiger charge is -2.12.